The van der Waals surface area contributed by atoms with Crippen LogP contribution in [0.5, 0.6) is 0 Å². The molecule has 6 heteroatoms. The molecule has 0 atom stereocenters. The SMILES string of the molecule is CCN1CCN(C2CCN(Cc3cnc(C)s3)CC2)C1=O. The third-order valence-electron chi connectivity index (χ3n) is 4.56. The van der Waals surface area contributed by atoms with Gasteiger partial charge in [0.15, 0.2) is 0 Å². The lowest BCUT2D eigenvalue weighted by atomic mass is 10.0. The molecular weight excluding hydrogens is 284 g/mol. The number of hydrogen-bond acceptors (Lipinski definition) is 4. The first-order valence-corrected chi connectivity index (χ1v) is 8.68. The van der Waals surface area contributed by atoms with Gasteiger partial charge in [0.25, 0.3) is 0 Å². The zero-order chi connectivity index (χ0) is 14.8. The largest absolute Gasteiger partial charge is 0.323 e. The summed E-state index contributed by atoms with van der Waals surface area (Å²) in [4.78, 5) is 24.4. The third-order valence-corrected chi connectivity index (χ3v) is 5.45. The van der Waals surface area contributed by atoms with Gasteiger partial charge in [0.1, 0.15) is 0 Å². The van der Waals surface area contributed by atoms with E-state index in [1.165, 1.54) is 4.88 Å². The quantitative estimate of drug-likeness (QED) is 0.856. The first kappa shape index (κ1) is 14.8. The van der Waals surface area contributed by atoms with E-state index in [4.69, 9.17) is 0 Å². The summed E-state index contributed by atoms with van der Waals surface area (Å²) in [6, 6.07) is 0.683. The number of carbonyl (C=O) groups is 1. The van der Waals surface area contributed by atoms with Gasteiger partial charge in [-0.05, 0) is 26.7 Å². The maximum Gasteiger partial charge on any atom is 0.320 e. The molecule has 2 fully saturated rings. The number of aromatic nitrogens is 1. The number of urea groups is 1. The summed E-state index contributed by atoms with van der Waals surface area (Å²) in [5.41, 5.74) is 0. The number of hydrogen-bond donors (Lipinski definition) is 0. The van der Waals surface area contributed by atoms with E-state index < -0.39 is 0 Å². The lowest BCUT2D eigenvalue weighted by molar-refractivity contribution is 0.127. The van der Waals surface area contributed by atoms with E-state index >= 15 is 0 Å². The molecule has 1 aromatic rings. The van der Waals surface area contributed by atoms with Crippen molar-refractivity contribution in [2.75, 3.05) is 32.7 Å². The molecule has 2 aliphatic rings. The van der Waals surface area contributed by atoms with Crippen molar-refractivity contribution in [3.05, 3.63) is 16.1 Å². The van der Waals surface area contributed by atoms with Crippen molar-refractivity contribution in [2.24, 2.45) is 0 Å². The molecule has 2 amide bonds. The molecule has 0 radical (unpaired) electrons. The van der Waals surface area contributed by atoms with Crippen molar-refractivity contribution < 1.29 is 4.79 Å². The van der Waals surface area contributed by atoms with Gasteiger partial charge in [-0.1, -0.05) is 0 Å². The van der Waals surface area contributed by atoms with Crippen molar-refractivity contribution in [1.29, 1.82) is 0 Å². The lowest BCUT2D eigenvalue weighted by Crippen LogP contribution is -2.46. The Hall–Kier alpha value is -1.14. The molecule has 0 N–H and O–H groups in total. The summed E-state index contributed by atoms with van der Waals surface area (Å²) in [5.74, 6) is 0. The number of carbonyl (C=O) groups excluding carboxylic acids is 1. The maximum absolute atomic E-state index is 12.2. The minimum atomic E-state index is 0.244. The molecule has 0 saturated carbocycles. The maximum atomic E-state index is 12.2. The van der Waals surface area contributed by atoms with Crippen LogP contribution in [0.4, 0.5) is 4.79 Å². The number of likely N-dealkylation sites (tertiary alicyclic amines) is 1. The van der Waals surface area contributed by atoms with Crippen molar-refractivity contribution in [3.63, 3.8) is 0 Å². The van der Waals surface area contributed by atoms with Gasteiger partial charge in [0.2, 0.25) is 0 Å². The van der Waals surface area contributed by atoms with Gasteiger partial charge in [0.05, 0.1) is 5.01 Å². The fourth-order valence-electron chi connectivity index (χ4n) is 3.32. The Balaban J connectivity index is 1.50. The Kier molecular flexibility index (Phi) is 4.45. The van der Waals surface area contributed by atoms with E-state index in [9.17, 15) is 4.79 Å². The highest BCUT2D eigenvalue weighted by atomic mass is 32.1. The topological polar surface area (TPSA) is 39.7 Å². The summed E-state index contributed by atoms with van der Waals surface area (Å²) in [7, 11) is 0. The Morgan fingerprint density at radius 1 is 1.29 bits per heavy atom. The number of likely N-dealkylation sites (N-methyl/N-ethyl adjacent to an activating group) is 1. The normalized spacial score (nSPS) is 21.5. The van der Waals surface area contributed by atoms with Crippen LogP contribution in [0.1, 0.15) is 29.7 Å². The average Bonchev–Trinajstić information content (AvgIpc) is 3.06. The van der Waals surface area contributed by atoms with Gasteiger partial charge < -0.3 is 9.80 Å². The van der Waals surface area contributed by atoms with Crippen LogP contribution >= 0.6 is 11.3 Å². The molecule has 3 heterocycles. The Morgan fingerprint density at radius 2 is 2.05 bits per heavy atom. The summed E-state index contributed by atoms with van der Waals surface area (Å²) < 4.78 is 0. The molecule has 2 aliphatic heterocycles. The van der Waals surface area contributed by atoms with Crippen molar-refractivity contribution in [2.45, 2.75) is 39.3 Å². The van der Waals surface area contributed by atoms with Gasteiger partial charge in [0, 0.05) is 56.4 Å². The number of rotatable bonds is 4. The average molecular weight is 308 g/mol. The molecule has 5 nitrogen and oxygen atoms in total. The number of piperidine rings is 1. The fraction of sp³-hybridized carbons (Fsp3) is 0.733. The van der Waals surface area contributed by atoms with Gasteiger partial charge >= 0.3 is 6.03 Å². The van der Waals surface area contributed by atoms with Crippen LogP contribution < -0.4 is 0 Å². The van der Waals surface area contributed by atoms with Gasteiger partial charge in [-0.25, -0.2) is 9.78 Å². The van der Waals surface area contributed by atoms with Crippen LogP contribution in [0.3, 0.4) is 0 Å². The number of thiazole rings is 1. The monoisotopic (exact) mass is 308 g/mol. The molecule has 2 saturated heterocycles. The van der Waals surface area contributed by atoms with Crippen LogP contribution in [0.25, 0.3) is 0 Å². The molecule has 21 heavy (non-hydrogen) atoms. The van der Waals surface area contributed by atoms with E-state index in [0.29, 0.717) is 6.04 Å². The third kappa shape index (κ3) is 3.21. The van der Waals surface area contributed by atoms with E-state index in [0.717, 1.165) is 57.1 Å². The van der Waals surface area contributed by atoms with E-state index in [1.54, 1.807) is 11.3 Å². The van der Waals surface area contributed by atoms with Crippen LogP contribution in [-0.4, -0.2) is 64.5 Å². The first-order valence-electron chi connectivity index (χ1n) is 7.86. The van der Waals surface area contributed by atoms with Crippen LogP contribution in [0, 0.1) is 6.92 Å². The minimum Gasteiger partial charge on any atom is -0.323 e. The summed E-state index contributed by atoms with van der Waals surface area (Å²) in [6.45, 7) is 9.92. The van der Waals surface area contributed by atoms with Gasteiger partial charge in [-0.2, -0.15) is 0 Å². The van der Waals surface area contributed by atoms with E-state index in [2.05, 4.69) is 28.6 Å². The lowest BCUT2D eigenvalue weighted by Gasteiger charge is -2.36. The molecule has 0 aliphatic carbocycles. The van der Waals surface area contributed by atoms with Crippen LogP contribution in [-0.2, 0) is 6.54 Å². The standard InChI is InChI=1S/C15H24N4OS/c1-3-18-8-9-19(15(18)20)13-4-6-17(7-5-13)11-14-10-16-12(2)21-14/h10,13H,3-9,11H2,1-2H3. The van der Waals surface area contributed by atoms with Gasteiger partial charge in [-0.15, -0.1) is 11.3 Å². The highest BCUT2D eigenvalue weighted by Crippen LogP contribution is 2.23. The second-order valence-electron chi connectivity index (χ2n) is 5.91. The van der Waals surface area contributed by atoms with Crippen molar-refractivity contribution in [3.8, 4) is 0 Å². The predicted octanol–water partition coefficient (Wildman–Crippen LogP) is 2.17. The zero-order valence-corrected chi connectivity index (χ0v) is 13.7. The van der Waals surface area contributed by atoms with E-state index in [1.807, 2.05) is 11.1 Å². The summed E-state index contributed by atoms with van der Waals surface area (Å²) in [5, 5.41) is 1.14. The first-order chi connectivity index (χ1) is 10.2. The fourth-order valence-corrected chi connectivity index (χ4v) is 4.16. The number of nitrogens with zero attached hydrogens (tertiary/aromatic N) is 4. The summed E-state index contributed by atoms with van der Waals surface area (Å²) >= 11 is 1.79. The van der Waals surface area contributed by atoms with E-state index in [-0.39, 0.29) is 6.03 Å². The van der Waals surface area contributed by atoms with Crippen LogP contribution in [0.2, 0.25) is 0 Å². The van der Waals surface area contributed by atoms with Crippen LogP contribution in [0.15, 0.2) is 6.20 Å². The zero-order valence-electron chi connectivity index (χ0n) is 12.9. The molecule has 0 aromatic carbocycles. The van der Waals surface area contributed by atoms with Crippen molar-refractivity contribution in [1.82, 2.24) is 19.7 Å². The molecule has 1 aromatic heterocycles. The Bertz CT molecular complexity index is 496. The minimum absolute atomic E-state index is 0.244. The highest BCUT2D eigenvalue weighted by molar-refractivity contribution is 7.11. The summed E-state index contributed by atoms with van der Waals surface area (Å²) in [6.07, 6.45) is 4.19. The second kappa shape index (κ2) is 6.32. The molecule has 0 bridgehead atoms. The second-order valence-corrected chi connectivity index (χ2v) is 7.23. The molecule has 116 valence electrons. The molecule has 0 unspecified atom stereocenters. The highest BCUT2D eigenvalue weighted by Gasteiger charge is 2.34. The number of aryl methyl sites for hydroxylation is 1. The number of amides is 2. The Labute approximate surface area is 130 Å². The van der Waals surface area contributed by atoms with Gasteiger partial charge in [-0.3, -0.25) is 4.90 Å². The smallest absolute Gasteiger partial charge is 0.320 e. The molecule has 0 spiro atoms. The molecule has 3 rings (SSSR count). The Morgan fingerprint density at radius 3 is 2.62 bits per heavy atom. The van der Waals surface area contributed by atoms with Crippen molar-refractivity contribution >= 4 is 17.4 Å². The predicted molar refractivity (Wildman–Crippen MR) is 84.5 cm³/mol. The molecular formula is C15H24N4OS.